The van der Waals surface area contributed by atoms with Crippen molar-refractivity contribution in [2.45, 2.75) is 17.7 Å². The van der Waals surface area contributed by atoms with Crippen molar-refractivity contribution in [1.29, 1.82) is 0 Å². The van der Waals surface area contributed by atoms with Crippen molar-refractivity contribution in [1.82, 2.24) is 4.72 Å². The van der Waals surface area contributed by atoms with Gasteiger partial charge in [-0.05, 0) is 54.5 Å². The van der Waals surface area contributed by atoms with E-state index in [9.17, 15) is 18.0 Å². The highest BCUT2D eigenvalue weighted by Crippen LogP contribution is 2.22. The van der Waals surface area contributed by atoms with Crippen molar-refractivity contribution in [3.8, 4) is 0 Å². The van der Waals surface area contributed by atoms with Crippen LogP contribution in [0.2, 0.25) is 5.02 Å². The van der Waals surface area contributed by atoms with Crippen LogP contribution in [0, 0.1) is 0 Å². The first kappa shape index (κ1) is 19.1. The van der Waals surface area contributed by atoms with Gasteiger partial charge in [-0.3, -0.25) is 9.59 Å². The van der Waals surface area contributed by atoms with Crippen LogP contribution in [0.15, 0.2) is 59.5 Å². The molecule has 0 aliphatic carbocycles. The molecule has 140 valence electrons. The Balaban J connectivity index is 1.64. The van der Waals surface area contributed by atoms with E-state index >= 15 is 0 Å². The first-order valence-corrected chi connectivity index (χ1v) is 10.1. The van der Waals surface area contributed by atoms with Crippen LogP contribution in [0.5, 0.6) is 0 Å². The van der Waals surface area contributed by atoms with Crippen LogP contribution in [0.1, 0.15) is 18.4 Å². The molecule has 6 nitrogen and oxygen atoms in total. The van der Waals surface area contributed by atoms with Crippen LogP contribution < -0.4 is 9.62 Å². The molecule has 0 radical (unpaired) electrons. The Morgan fingerprint density at radius 1 is 1.07 bits per heavy atom. The summed E-state index contributed by atoms with van der Waals surface area (Å²) in [5.74, 6) is -0.658. The van der Waals surface area contributed by atoms with Crippen molar-refractivity contribution in [2.75, 3.05) is 11.4 Å². The number of nitrogens with zero attached hydrogens (tertiary/aromatic N) is 1. The van der Waals surface area contributed by atoms with E-state index < -0.39 is 15.9 Å². The van der Waals surface area contributed by atoms with Gasteiger partial charge in [0, 0.05) is 29.8 Å². The molecule has 2 aromatic rings. The first-order valence-electron chi connectivity index (χ1n) is 8.26. The molecule has 0 spiro atoms. The van der Waals surface area contributed by atoms with E-state index in [0.29, 0.717) is 23.6 Å². The maximum absolute atomic E-state index is 12.1. The van der Waals surface area contributed by atoms with Gasteiger partial charge in [0.15, 0.2) is 0 Å². The molecular formula is C19H17ClN2O4S. The average Bonchev–Trinajstić information content (AvgIpc) is 3.06. The summed E-state index contributed by atoms with van der Waals surface area (Å²) in [6.07, 6.45) is 4.05. The number of nitrogens with one attached hydrogen (secondary N) is 1. The van der Waals surface area contributed by atoms with E-state index in [1.54, 1.807) is 29.2 Å². The van der Waals surface area contributed by atoms with E-state index in [2.05, 4.69) is 0 Å². The molecule has 0 bridgehead atoms. The zero-order valence-corrected chi connectivity index (χ0v) is 15.8. The van der Waals surface area contributed by atoms with Gasteiger partial charge in [0.2, 0.25) is 5.91 Å². The molecule has 1 aliphatic rings. The molecule has 1 aliphatic heterocycles. The smallest absolute Gasteiger partial charge is 0.264 e. The second kappa shape index (κ2) is 7.94. The maximum atomic E-state index is 12.1. The number of amides is 2. The fourth-order valence-electron chi connectivity index (χ4n) is 2.70. The maximum Gasteiger partial charge on any atom is 0.264 e. The van der Waals surface area contributed by atoms with Gasteiger partial charge in [-0.1, -0.05) is 23.7 Å². The summed E-state index contributed by atoms with van der Waals surface area (Å²) >= 11 is 5.73. The van der Waals surface area contributed by atoms with Crippen LogP contribution >= 0.6 is 11.6 Å². The summed E-state index contributed by atoms with van der Waals surface area (Å²) in [5.41, 5.74) is 1.52. The minimum absolute atomic E-state index is 0.0479. The zero-order valence-electron chi connectivity index (χ0n) is 14.3. The minimum Gasteiger partial charge on any atom is -0.312 e. The Kier molecular flexibility index (Phi) is 5.62. The molecule has 3 rings (SSSR count). The van der Waals surface area contributed by atoms with Crippen molar-refractivity contribution in [3.63, 3.8) is 0 Å². The Morgan fingerprint density at radius 3 is 2.33 bits per heavy atom. The van der Waals surface area contributed by atoms with E-state index in [0.717, 1.165) is 18.2 Å². The van der Waals surface area contributed by atoms with Gasteiger partial charge in [0.1, 0.15) is 0 Å². The normalized spacial score (nSPS) is 14.7. The lowest BCUT2D eigenvalue weighted by atomic mass is 10.2. The fourth-order valence-corrected chi connectivity index (χ4v) is 3.77. The Bertz CT molecular complexity index is 983. The van der Waals surface area contributed by atoms with E-state index in [-0.39, 0.29) is 10.8 Å². The molecule has 1 N–H and O–H groups in total. The zero-order chi connectivity index (χ0) is 19.4. The Labute approximate surface area is 162 Å². The molecule has 0 unspecified atom stereocenters. The molecule has 1 saturated heterocycles. The second-order valence-electron chi connectivity index (χ2n) is 6.00. The van der Waals surface area contributed by atoms with Gasteiger partial charge in [0.05, 0.1) is 4.90 Å². The fraction of sp³-hybridized carbons (Fsp3) is 0.158. The van der Waals surface area contributed by atoms with Gasteiger partial charge >= 0.3 is 0 Å². The molecule has 2 aromatic carbocycles. The highest BCUT2D eigenvalue weighted by molar-refractivity contribution is 7.90. The lowest BCUT2D eigenvalue weighted by Gasteiger charge is -2.15. The number of halogens is 1. The standard InChI is InChI=1S/C19H17ClN2O4S/c20-15-6-10-17(11-7-15)27(25,26)21-18(23)12-5-14-3-8-16(9-4-14)22-13-1-2-19(22)24/h3-12H,1-2,13H2,(H,21,23)/b12-5+. The summed E-state index contributed by atoms with van der Waals surface area (Å²) in [5, 5.41) is 0.402. The van der Waals surface area contributed by atoms with E-state index in [4.69, 9.17) is 11.6 Å². The monoisotopic (exact) mass is 404 g/mol. The minimum atomic E-state index is -3.96. The number of hydrogen-bond donors (Lipinski definition) is 1. The summed E-state index contributed by atoms with van der Waals surface area (Å²) in [4.78, 5) is 25.3. The quantitative estimate of drug-likeness (QED) is 0.776. The molecular weight excluding hydrogens is 388 g/mol. The number of carbonyl (C=O) groups excluding carboxylic acids is 2. The number of sulfonamides is 1. The molecule has 1 heterocycles. The number of benzene rings is 2. The largest absolute Gasteiger partial charge is 0.312 e. The Morgan fingerprint density at radius 2 is 1.74 bits per heavy atom. The molecule has 0 aromatic heterocycles. The first-order chi connectivity index (χ1) is 12.8. The summed E-state index contributed by atoms with van der Waals surface area (Å²) < 4.78 is 26.3. The van der Waals surface area contributed by atoms with Crippen LogP contribution in [0.4, 0.5) is 5.69 Å². The molecule has 0 atom stereocenters. The number of rotatable bonds is 5. The van der Waals surface area contributed by atoms with Gasteiger partial charge in [-0.15, -0.1) is 0 Å². The number of carbonyl (C=O) groups is 2. The van der Waals surface area contributed by atoms with Crippen molar-refractivity contribution in [3.05, 3.63) is 65.2 Å². The van der Waals surface area contributed by atoms with Gasteiger partial charge in [-0.2, -0.15) is 0 Å². The van der Waals surface area contributed by atoms with Gasteiger partial charge in [0.25, 0.3) is 15.9 Å². The summed E-state index contributed by atoms with van der Waals surface area (Å²) in [6.45, 7) is 0.707. The summed E-state index contributed by atoms with van der Waals surface area (Å²) in [6, 6.07) is 12.6. The summed E-state index contributed by atoms with van der Waals surface area (Å²) in [7, 11) is -3.96. The van der Waals surface area contributed by atoms with Crippen molar-refractivity contribution in [2.24, 2.45) is 0 Å². The van der Waals surface area contributed by atoms with Crippen LogP contribution in [-0.2, 0) is 19.6 Å². The van der Waals surface area contributed by atoms with E-state index in [1.165, 1.54) is 30.3 Å². The predicted molar refractivity (Wildman–Crippen MR) is 104 cm³/mol. The Hall–Kier alpha value is -2.64. The third-order valence-electron chi connectivity index (χ3n) is 4.06. The highest BCUT2D eigenvalue weighted by Gasteiger charge is 2.21. The average molecular weight is 405 g/mol. The topological polar surface area (TPSA) is 83.6 Å². The SMILES string of the molecule is O=C(/C=C/c1ccc(N2CCCC2=O)cc1)NS(=O)(=O)c1ccc(Cl)cc1. The highest BCUT2D eigenvalue weighted by atomic mass is 35.5. The van der Waals surface area contributed by atoms with E-state index in [1.807, 2.05) is 4.72 Å². The molecule has 2 amide bonds. The lowest BCUT2D eigenvalue weighted by Crippen LogP contribution is -2.28. The van der Waals surface area contributed by atoms with Crippen molar-refractivity contribution >= 4 is 45.2 Å². The van der Waals surface area contributed by atoms with Crippen LogP contribution in [0.3, 0.4) is 0 Å². The molecule has 27 heavy (non-hydrogen) atoms. The molecule has 0 saturated carbocycles. The van der Waals surface area contributed by atoms with Crippen LogP contribution in [0.25, 0.3) is 6.08 Å². The van der Waals surface area contributed by atoms with Crippen LogP contribution in [-0.4, -0.2) is 26.8 Å². The third kappa shape index (κ3) is 4.75. The molecule has 8 heteroatoms. The lowest BCUT2D eigenvalue weighted by molar-refractivity contribution is -0.117. The van der Waals surface area contributed by atoms with Gasteiger partial charge < -0.3 is 4.90 Å². The number of anilines is 1. The van der Waals surface area contributed by atoms with Crippen molar-refractivity contribution < 1.29 is 18.0 Å². The second-order valence-corrected chi connectivity index (χ2v) is 8.12. The van der Waals surface area contributed by atoms with Gasteiger partial charge in [-0.25, -0.2) is 13.1 Å². The number of hydrogen-bond acceptors (Lipinski definition) is 4. The predicted octanol–water partition coefficient (Wildman–Crippen LogP) is 2.99. The molecule has 1 fully saturated rings. The third-order valence-corrected chi connectivity index (χ3v) is 5.68.